The van der Waals surface area contributed by atoms with Gasteiger partial charge in [-0.1, -0.05) is 37.0 Å². The minimum Gasteiger partial charge on any atom is -0.454 e. The molecule has 1 aromatic rings. The first-order valence-electron chi connectivity index (χ1n) is 8.14. The summed E-state index contributed by atoms with van der Waals surface area (Å²) < 4.78 is 5.04. The van der Waals surface area contributed by atoms with Gasteiger partial charge in [0.1, 0.15) is 6.04 Å². The number of carbonyl (C=O) groups excluding carboxylic acids is 3. The van der Waals surface area contributed by atoms with E-state index in [1.807, 2.05) is 20.8 Å². The molecule has 0 aliphatic rings. The van der Waals surface area contributed by atoms with Crippen LogP contribution in [0.2, 0.25) is 10.0 Å². The van der Waals surface area contributed by atoms with Gasteiger partial charge in [-0.25, -0.2) is 4.79 Å². The number of ether oxygens (including phenoxy) is 1. The Balaban J connectivity index is 2.74. The number of carbonyl (C=O) groups is 3. The van der Waals surface area contributed by atoms with E-state index in [4.69, 9.17) is 27.9 Å². The molecule has 0 bridgehead atoms. The van der Waals surface area contributed by atoms with Crippen LogP contribution in [0.1, 0.15) is 45.0 Å². The molecule has 0 radical (unpaired) electrons. The van der Waals surface area contributed by atoms with Crippen LogP contribution in [0.5, 0.6) is 0 Å². The van der Waals surface area contributed by atoms with Crippen molar-refractivity contribution in [1.82, 2.24) is 10.6 Å². The second kappa shape index (κ2) is 9.24. The van der Waals surface area contributed by atoms with Crippen molar-refractivity contribution in [3.63, 3.8) is 0 Å². The van der Waals surface area contributed by atoms with E-state index in [1.54, 1.807) is 13.8 Å². The predicted octanol–water partition coefficient (Wildman–Crippen LogP) is 3.21. The highest BCUT2D eigenvalue weighted by molar-refractivity contribution is 6.36. The summed E-state index contributed by atoms with van der Waals surface area (Å²) in [6.45, 7) is 8.55. The number of nitrogens with one attached hydrogen (secondary N) is 2. The van der Waals surface area contributed by atoms with Crippen LogP contribution in [-0.2, 0) is 14.3 Å². The number of benzene rings is 1. The Hall–Kier alpha value is -1.79. The smallest absolute Gasteiger partial charge is 0.329 e. The van der Waals surface area contributed by atoms with Gasteiger partial charge < -0.3 is 15.4 Å². The van der Waals surface area contributed by atoms with E-state index in [0.717, 1.165) is 0 Å². The molecule has 0 unspecified atom stereocenters. The second-order valence-corrected chi connectivity index (χ2v) is 8.07. The van der Waals surface area contributed by atoms with Crippen molar-refractivity contribution in [3.8, 4) is 0 Å². The molecule has 0 heterocycles. The highest BCUT2D eigenvalue weighted by Gasteiger charge is 2.27. The van der Waals surface area contributed by atoms with Gasteiger partial charge in [-0.3, -0.25) is 9.59 Å². The lowest BCUT2D eigenvalue weighted by molar-refractivity contribution is -0.151. The van der Waals surface area contributed by atoms with Crippen molar-refractivity contribution in [3.05, 3.63) is 33.8 Å². The number of esters is 1. The van der Waals surface area contributed by atoms with Crippen molar-refractivity contribution in [2.75, 3.05) is 6.61 Å². The van der Waals surface area contributed by atoms with Gasteiger partial charge in [-0.15, -0.1) is 0 Å². The fraction of sp³-hybridized carbons (Fsp3) is 0.500. The Morgan fingerprint density at radius 2 is 1.77 bits per heavy atom. The quantitative estimate of drug-likeness (QED) is 0.715. The maximum absolute atomic E-state index is 12.4. The molecule has 2 amide bonds. The zero-order chi connectivity index (χ0) is 20.1. The maximum atomic E-state index is 12.4. The molecular weight excluding hydrogens is 379 g/mol. The largest absolute Gasteiger partial charge is 0.454 e. The summed E-state index contributed by atoms with van der Waals surface area (Å²) in [5.74, 6) is -1.88. The van der Waals surface area contributed by atoms with Crippen LogP contribution in [0.25, 0.3) is 0 Å². The lowest BCUT2D eigenvalue weighted by atomic mass is 10.0. The number of halogens is 2. The molecule has 6 nitrogen and oxygen atoms in total. The van der Waals surface area contributed by atoms with E-state index >= 15 is 0 Å². The lowest BCUT2D eigenvalue weighted by Gasteiger charge is -2.23. The van der Waals surface area contributed by atoms with E-state index in [1.165, 1.54) is 18.2 Å². The molecule has 1 aromatic carbocycles. The zero-order valence-electron chi connectivity index (χ0n) is 15.5. The van der Waals surface area contributed by atoms with E-state index in [2.05, 4.69) is 10.6 Å². The van der Waals surface area contributed by atoms with Crippen LogP contribution in [-0.4, -0.2) is 36.0 Å². The topological polar surface area (TPSA) is 84.5 Å². The van der Waals surface area contributed by atoms with Crippen molar-refractivity contribution in [2.45, 2.75) is 46.2 Å². The standard InChI is InChI=1S/C18H24Cl2N2O4/c1-10(2)15(17(25)26-9-14(23)22-18(3,4)5)21-16(24)12-7-6-11(19)8-13(12)20/h6-8,10,15H,9H2,1-5H3,(H,21,24)(H,22,23)/t15-/m0/s1. The molecule has 0 spiro atoms. The first kappa shape index (κ1) is 22.3. The van der Waals surface area contributed by atoms with Gasteiger partial charge in [0.2, 0.25) is 0 Å². The minimum atomic E-state index is -0.920. The van der Waals surface area contributed by atoms with Crippen LogP contribution in [0.4, 0.5) is 0 Å². The molecule has 0 aliphatic heterocycles. The Morgan fingerprint density at radius 1 is 1.15 bits per heavy atom. The molecule has 26 heavy (non-hydrogen) atoms. The number of rotatable bonds is 6. The molecule has 0 fully saturated rings. The Bertz CT molecular complexity index is 684. The summed E-state index contributed by atoms with van der Waals surface area (Å²) in [7, 11) is 0. The van der Waals surface area contributed by atoms with E-state index in [9.17, 15) is 14.4 Å². The fourth-order valence-electron chi connectivity index (χ4n) is 2.07. The Labute approximate surface area is 163 Å². The van der Waals surface area contributed by atoms with E-state index < -0.39 is 36.0 Å². The predicted molar refractivity (Wildman–Crippen MR) is 101 cm³/mol. The average Bonchev–Trinajstić information content (AvgIpc) is 2.48. The molecule has 2 N–H and O–H groups in total. The molecular formula is C18H24Cl2N2O4. The van der Waals surface area contributed by atoms with E-state index in [0.29, 0.717) is 5.02 Å². The third kappa shape index (κ3) is 7.22. The highest BCUT2D eigenvalue weighted by atomic mass is 35.5. The van der Waals surface area contributed by atoms with E-state index in [-0.39, 0.29) is 16.5 Å². The van der Waals surface area contributed by atoms with Gasteiger partial charge in [0.25, 0.3) is 11.8 Å². The molecule has 144 valence electrons. The van der Waals surface area contributed by atoms with Gasteiger partial charge in [-0.05, 0) is 44.9 Å². The molecule has 1 atom stereocenters. The zero-order valence-corrected chi connectivity index (χ0v) is 17.0. The molecule has 0 saturated heterocycles. The number of amides is 2. The molecule has 0 saturated carbocycles. The molecule has 1 rings (SSSR count). The van der Waals surface area contributed by atoms with Crippen LogP contribution < -0.4 is 10.6 Å². The summed E-state index contributed by atoms with van der Waals surface area (Å²) in [6.07, 6.45) is 0. The summed E-state index contributed by atoms with van der Waals surface area (Å²) in [5, 5.41) is 5.86. The number of hydrogen-bond acceptors (Lipinski definition) is 4. The number of hydrogen-bond donors (Lipinski definition) is 2. The maximum Gasteiger partial charge on any atom is 0.329 e. The van der Waals surface area contributed by atoms with Crippen molar-refractivity contribution in [1.29, 1.82) is 0 Å². The van der Waals surface area contributed by atoms with Crippen molar-refractivity contribution >= 4 is 41.0 Å². The second-order valence-electron chi connectivity index (χ2n) is 7.23. The summed E-state index contributed by atoms with van der Waals surface area (Å²) in [4.78, 5) is 36.5. The lowest BCUT2D eigenvalue weighted by Crippen LogP contribution is -2.47. The third-order valence-corrected chi connectivity index (χ3v) is 3.79. The SMILES string of the molecule is CC(C)[C@H](NC(=O)c1ccc(Cl)cc1Cl)C(=O)OCC(=O)NC(C)(C)C. The normalized spacial score (nSPS) is 12.5. The van der Waals surface area contributed by atoms with Gasteiger partial charge >= 0.3 is 5.97 Å². The van der Waals surface area contributed by atoms with Crippen molar-refractivity contribution in [2.24, 2.45) is 5.92 Å². The molecule has 0 aliphatic carbocycles. The first-order chi connectivity index (χ1) is 11.9. The minimum absolute atomic E-state index is 0.176. The summed E-state index contributed by atoms with van der Waals surface area (Å²) >= 11 is 11.8. The Morgan fingerprint density at radius 3 is 2.27 bits per heavy atom. The third-order valence-electron chi connectivity index (χ3n) is 3.24. The van der Waals surface area contributed by atoms with Gasteiger partial charge in [0.05, 0.1) is 10.6 Å². The van der Waals surface area contributed by atoms with Gasteiger partial charge in [-0.2, -0.15) is 0 Å². The van der Waals surface area contributed by atoms with Crippen LogP contribution >= 0.6 is 23.2 Å². The first-order valence-corrected chi connectivity index (χ1v) is 8.90. The van der Waals surface area contributed by atoms with Crippen LogP contribution in [0.3, 0.4) is 0 Å². The highest BCUT2D eigenvalue weighted by Crippen LogP contribution is 2.21. The molecule has 8 heteroatoms. The average molecular weight is 403 g/mol. The van der Waals surface area contributed by atoms with Crippen LogP contribution in [0.15, 0.2) is 18.2 Å². The van der Waals surface area contributed by atoms with Gasteiger partial charge in [0, 0.05) is 10.6 Å². The van der Waals surface area contributed by atoms with Crippen LogP contribution in [0, 0.1) is 5.92 Å². The summed E-state index contributed by atoms with van der Waals surface area (Å²) in [5.41, 5.74) is -0.236. The molecule has 0 aromatic heterocycles. The van der Waals surface area contributed by atoms with Crippen molar-refractivity contribution < 1.29 is 19.1 Å². The fourth-order valence-corrected chi connectivity index (χ4v) is 2.57. The summed E-state index contributed by atoms with van der Waals surface area (Å²) in [6, 6.07) is 3.52. The monoisotopic (exact) mass is 402 g/mol. The van der Waals surface area contributed by atoms with Gasteiger partial charge in [0.15, 0.2) is 6.61 Å². The Kier molecular flexibility index (Phi) is 7.90.